The fourth-order valence-electron chi connectivity index (χ4n) is 3.11. The SMILES string of the molecule is Cc1nnc(SCC2=C(C(=O)[O-])N3C(=O)C(NC(=O)C(=NO)c4csc(=N)[nH]4)[C@@H]3SC2)o1.[Na+]. The van der Waals surface area contributed by atoms with Crippen LogP contribution < -0.4 is 44.8 Å². The summed E-state index contributed by atoms with van der Waals surface area (Å²) in [6.07, 6.45) is 0. The number of thiazole rings is 1. The molecular formula is C16H14N7NaO6S3. The molecule has 0 aromatic carbocycles. The Bertz CT molecular complexity index is 1220. The second-order valence-corrected chi connectivity index (χ2v) is 9.44. The summed E-state index contributed by atoms with van der Waals surface area (Å²) in [5.74, 6) is -2.10. The number of fused-ring (bicyclic) bond motifs is 1. The zero-order valence-corrected chi connectivity index (χ0v) is 21.6. The number of oxime groups is 1. The number of carbonyl (C=O) groups excluding carboxylic acids is 3. The molecule has 1 saturated heterocycles. The van der Waals surface area contributed by atoms with Gasteiger partial charge in [0.2, 0.25) is 5.89 Å². The Labute approximate surface area is 219 Å². The minimum atomic E-state index is -1.50. The third-order valence-electron chi connectivity index (χ3n) is 4.52. The Balaban J connectivity index is 0.00000306. The molecule has 13 nitrogen and oxygen atoms in total. The fraction of sp³-hybridized carbons (Fsp3) is 0.312. The zero-order valence-electron chi connectivity index (χ0n) is 17.1. The van der Waals surface area contributed by atoms with Crippen molar-refractivity contribution in [3.8, 4) is 0 Å². The van der Waals surface area contributed by atoms with Crippen molar-refractivity contribution in [1.82, 2.24) is 25.4 Å². The number of carbonyl (C=O) groups is 3. The van der Waals surface area contributed by atoms with Crippen LogP contribution in [0.1, 0.15) is 11.6 Å². The quantitative estimate of drug-likeness (QED) is 0.0691. The number of aromatic amines is 1. The molecule has 0 saturated carbocycles. The number of H-pyrrole nitrogens is 1. The van der Waals surface area contributed by atoms with E-state index in [2.05, 4.69) is 25.7 Å². The van der Waals surface area contributed by atoms with Crippen LogP contribution >= 0.6 is 34.9 Å². The Morgan fingerprint density at radius 1 is 1.52 bits per heavy atom. The minimum absolute atomic E-state index is 0. The molecule has 168 valence electrons. The van der Waals surface area contributed by atoms with Crippen LogP contribution in [-0.4, -0.2) is 71.7 Å². The third kappa shape index (κ3) is 5.04. The first-order chi connectivity index (χ1) is 15.3. The van der Waals surface area contributed by atoms with Gasteiger partial charge in [-0.25, -0.2) is 0 Å². The molecule has 1 unspecified atom stereocenters. The zero-order chi connectivity index (χ0) is 23.0. The first-order valence-corrected chi connectivity index (χ1v) is 11.8. The van der Waals surface area contributed by atoms with E-state index in [4.69, 9.17) is 9.83 Å². The number of carboxylic acids is 1. The van der Waals surface area contributed by atoms with Crippen LogP contribution in [0.25, 0.3) is 0 Å². The molecule has 2 aromatic rings. The van der Waals surface area contributed by atoms with Crippen LogP contribution in [0.2, 0.25) is 0 Å². The molecule has 0 aliphatic carbocycles. The van der Waals surface area contributed by atoms with Crippen molar-refractivity contribution in [3.05, 3.63) is 33.0 Å². The van der Waals surface area contributed by atoms with Gasteiger partial charge in [-0.2, -0.15) is 0 Å². The Morgan fingerprint density at radius 3 is 2.85 bits per heavy atom. The van der Waals surface area contributed by atoms with Crippen LogP contribution in [0, 0.1) is 12.3 Å². The van der Waals surface area contributed by atoms with Gasteiger partial charge in [0.05, 0.1) is 17.4 Å². The summed E-state index contributed by atoms with van der Waals surface area (Å²) >= 11 is 3.42. The van der Waals surface area contributed by atoms with Gasteiger partial charge >= 0.3 is 29.6 Å². The smallest absolute Gasteiger partial charge is 0.543 e. The average molecular weight is 520 g/mol. The number of nitrogens with zero attached hydrogens (tertiary/aromatic N) is 4. The molecule has 0 bridgehead atoms. The molecule has 2 aliphatic rings. The maximum atomic E-state index is 12.7. The van der Waals surface area contributed by atoms with E-state index in [0.29, 0.717) is 11.5 Å². The van der Waals surface area contributed by atoms with E-state index in [1.165, 1.54) is 17.1 Å². The number of hydrogen-bond donors (Lipinski definition) is 4. The molecular weight excluding hydrogens is 505 g/mol. The number of β-lactam (4-membered cyclic amide) rings is 1. The molecule has 2 atom stereocenters. The van der Waals surface area contributed by atoms with Gasteiger partial charge in [0, 0.05) is 23.8 Å². The standard InChI is InChI=1S/C16H15N7O6S3.Na/c1-5-20-21-16(29-5)32-3-6-2-30-13-9(12(25)23(13)10(6)14(26)27)19-11(24)8(22-28)7-4-31-15(17)18-7;/h4,9,13,28H,2-3H2,1H3,(H2,17,18)(H,19,24)(H,26,27);/q;+1/p-1/t9?,13-;/m0./s1. The summed E-state index contributed by atoms with van der Waals surface area (Å²) in [6.45, 7) is 1.63. The number of aromatic nitrogens is 3. The normalized spacial score (nSPS) is 20.1. The maximum Gasteiger partial charge on any atom is 1.00 e. The van der Waals surface area contributed by atoms with E-state index >= 15 is 0 Å². The Morgan fingerprint density at radius 2 is 2.27 bits per heavy atom. The molecule has 2 amide bonds. The van der Waals surface area contributed by atoms with Crippen LogP contribution in [0.5, 0.6) is 0 Å². The van der Waals surface area contributed by atoms with Crippen molar-refractivity contribution in [2.45, 2.75) is 23.6 Å². The summed E-state index contributed by atoms with van der Waals surface area (Å²) in [4.78, 5) is 40.7. The number of hydrogen-bond acceptors (Lipinski definition) is 13. The van der Waals surface area contributed by atoms with Gasteiger partial charge in [0.25, 0.3) is 17.0 Å². The third-order valence-corrected chi connectivity index (χ3v) is 7.45. The fourth-order valence-corrected chi connectivity index (χ4v) is 5.98. The van der Waals surface area contributed by atoms with E-state index in [1.54, 1.807) is 6.92 Å². The van der Waals surface area contributed by atoms with Crippen molar-refractivity contribution < 1.29 is 58.7 Å². The summed E-state index contributed by atoms with van der Waals surface area (Å²) in [5, 5.41) is 42.5. The second kappa shape index (κ2) is 10.4. The molecule has 4 N–H and O–H groups in total. The van der Waals surface area contributed by atoms with Crippen LogP contribution in [-0.2, 0) is 14.4 Å². The molecule has 17 heteroatoms. The second-order valence-electron chi connectivity index (χ2n) is 6.53. The van der Waals surface area contributed by atoms with Crippen molar-refractivity contribution in [3.63, 3.8) is 0 Å². The molecule has 4 rings (SSSR count). The predicted molar refractivity (Wildman–Crippen MR) is 110 cm³/mol. The molecule has 2 aliphatic heterocycles. The van der Waals surface area contributed by atoms with Crippen molar-refractivity contribution in [2.75, 3.05) is 11.5 Å². The number of carboxylic acid groups (broad SMARTS) is 1. The Hall–Kier alpha value is -2.11. The molecule has 0 spiro atoms. The first kappa shape index (κ1) is 25.5. The van der Waals surface area contributed by atoms with Crippen LogP contribution in [0.4, 0.5) is 0 Å². The van der Waals surface area contributed by atoms with E-state index in [0.717, 1.165) is 28.0 Å². The number of aryl methyl sites for hydroxylation is 1. The van der Waals surface area contributed by atoms with E-state index < -0.39 is 34.9 Å². The topological polar surface area (TPSA) is 201 Å². The van der Waals surface area contributed by atoms with Crippen LogP contribution in [0.3, 0.4) is 0 Å². The van der Waals surface area contributed by atoms with Crippen molar-refractivity contribution >= 4 is 58.4 Å². The predicted octanol–water partition coefficient (Wildman–Crippen LogP) is -4.37. The van der Waals surface area contributed by atoms with E-state index in [9.17, 15) is 24.7 Å². The van der Waals surface area contributed by atoms with Gasteiger partial charge < -0.3 is 29.8 Å². The van der Waals surface area contributed by atoms with Gasteiger partial charge in [0.15, 0.2) is 10.5 Å². The first-order valence-electron chi connectivity index (χ1n) is 8.86. The van der Waals surface area contributed by atoms with Gasteiger partial charge in [-0.1, -0.05) is 16.9 Å². The number of aliphatic carboxylic acids is 1. The largest absolute Gasteiger partial charge is 1.00 e. The number of rotatable bonds is 7. The van der Waals surface area contributed by atoms with E-state index in [-0.39, 0.29) is 62.5 Å². The summed E-state index contributed by atoms with van der Waals surface area (Å²) in [7, 11) is 0. The van der Waals surface area contributed by atoms with Gasteiger partial charge in [0.1, 0.15) is 11.4 Å². The van der Waals surface area contributed by atoms with Gasteiger partial charge in [-0.05, 0) is 5.57 Å². The van der Waals surface area contributed by atoms with E-state index in [1.807, 2.05) is 0 Å². The average Bonchev–Trinajstić information content (AvgIpc) is 3.38. The number of nitrogens with one attached hydrogen (secondary N) is 3. The number of thioether (sulfide) groups is 2. The minimum Gasteiger partial charge on any atom is -0.543 e. The van der Waals surface area contributed by atoms with Crippen molar-refractivity contribution in [1.29, 1.82) is 5.41 Å². The van der Waals surface area contributed by atoms with Crippen molar-refractivity contribution in [2.24, 2.45) is 5.16 Å². The maximum absolute atomic E-state index is 12.7. The summed E-state index contributed by atoms with van der Waals surface area (Å²) < 4.78 is 5.26. The molecule has 33 heavy (non-hydrogen) atoms. The molecule has 4 heterocycles. The van der Waals surface area contributed by atoms with Gasteiger partial charge in [-0.15, -0.1) is 33.3 Å². The monoisotopic (exact) mass is 519 g/mol. The summed E-state index contributed by atoms with van der Waals surface area (Å²) in [6, 6.07) is -1.01. The summed E-state index contributed by atoms with van der Waals surface area (Å²) in [5.41, 5.74) is -0.0621. The molecule has 0 radical (unpaired) electrons. The molecule has 1 fully saturated rings. The molecule has 2 aromatic heterocycles. The van der Waals surface area contributed by atoms with Gasteiger partial charge in [-0.3, -0.25) is 19.9 Å². The van der Waals surface area contributed by atoms with Crippen LogP contribution in [0.15, 0.2) is 31.4 Å². The number of amides is 2. The Kier molecular flexibility index (Phi) is 8.07.